The summed E-state index contributed by atoms with van der Waals surface area (Å²) < 4.78 is 5.73. The van der Waals surface area contributed by atoms with Crippen molar-refractivity contribution < 1.29 is 4.74 Å². The molecule has 3 unspecified atom stereocenters. The molecule has 0 radical (unpaired) electrons. The first kappa shape index (κ1) is 12.4. The molecule has 2 saturated carbocycles. The molecule has 3 atom stereocenters. The summed E-state index contributed by atoms with van der Waals surface area (Å²) >= 11 is 0. The van der Waals surface area contributed by atoms with Crippen LogP contribution in [0, 0.1) is 17.8 Å². The summed E-state index contributed by atoms with van der Waals surface area (Å²) in [6.45, 7) is 4.74. The Bertz CT molecular complexity index is 221. The summed E-state index contributed by atoms with van der Waals surface area (Å²) in [4.78, 5) is 0. The van der Waals surface area contributed by atoms with E-state index in [1.54, 1.807) is 0 Å². The van der Waals surface area contributed by atoms with E-state index < -0.39 is 0 Å². The van der Waals surface area contributed by atoms with E-state index in [-0.39, 0.29) is 11.6 Å². The topological polar surface area (TPSA) is 35.2 Å². The van der Waals surface area contributed by atoms with E-state index >= 15 is 0 Å². The Kier molecular flexibility index (Phi) is 3.60. The maximum atomic E-state index is 6.50. The van der Waals surface area contributed by atoms with Crippen LogP contribution in [0.15, 0.2) is 0 Å². The Balaban J connectivity index is 2.00. The van der Waals surface area contributed by atoms with Crippen LogP contribution in [0.1, 0.15) is 52.4 Å². The maximum Gasteiger partial charge on any atom is 0.0831 e. The molecule has 0 spiro atoms. The molecular weight excluding hydrogens is 198 g/mol. The quantitative estimate of drug-likeness (QED) is 0.801. The summed E-state index contributed by atoms with van der Waals surface area (Å²) in [5.74, 6) is 2.36. The van der Waals surface area contributed by atoms with Crippen LogP contribution in [0.5, 0.6) is 0 Å². The molecule has 94 valence electrons. The predicted molar refractivity (Wildman–Crippen MR) is 67.2 cm³/mol. The molecule has 2 fully saturated rings. The Morgan fingerprint density at radius 3 is 2.06 bits per heavy atom. The fraction of sp³-hybridized carbons (Fsp3) is 1.00. The van der Waals surface area contributed by atoms with Crippen LogP contribution in [0.3, 0.4) is 0 Å². The number of ether oxygens (including phenoxy) is 1. The zero-order chi connectivity index (χ0) is 11.8. The fourth-order valence-corrected chi connectivity index (χ4v) is 3.93. The van der Waals surface area contributed by atoms with Crippen molar-refractivity contribution in [1.82, 2.24) is 0 Å². The molecular formula is C14H27NO. The molecule has 0 saturated heterocycles. The molecule has 0 aromatic rings. The third kappa shape index (κ3) is 2.14. The molecule has 0 aromatic heterocycles. The fourth-order valence-electron chi connectivity index (χ4n) is 3.93. The maximum absolute atomic E-state index is 6.50. The zero-order valence-corrected chi connectivity index (χ0v) is 11.0. The zero-order valence-electron chi connectivity index (χ0n) is 11.0. The molecule has 2 N–H and O–H groups in total. The minimum absolute atomic E-state index is 0.0292. The van der Waals surface area contributed by atoms with Gasteiger partial charge in [-0.1, -0.05) is 13.8 Å². The van der Waals surface area contributed by atoms with Crippen molar-refractivity contribution in [2.75, 3.05) is 7.11 Å². The molecule has 0 aliphatic heterocycles. The van der Waals surface area contributed by atoms with Gasteiger partial charge in [0.25, 0.3) is 0 Å². The van der Waals surface area contributed by atoms with E-state index in [1.165, 1.54) is 38.5 Å². The van der Waals surface area contributed by atoms with Gasteiger partial charge in [0.2, 0.25) is 0 Å². The lowest BCUT2D eigenvalue weighted by Crippen LogP contribution is -2.58. The summed E-state index contributed by atoms with van der Waals surface area (Å²) in [7, 11) is 1.84. The summed E-state index contributed by atoms with van der Waals surface area (Å²) in [6, 6.07) is 0.261. The van der Waals surface area contributed by atoms with E-state index in [2.05, 4.69) is 13.8 Å². The van der Waals surface area contributed by atoms with Crippen molar-refractivity contribution in [3.63, 3.8) is 0 Å². The molecule has 16 heavy (non-hydrogen) atoms. The Morgan fingerprint density at radius 1 is 1.12 bits per heavy atom. The summed E-state index contributed by atoms with van der Waals surface area (Å²) in [6.07, 6.45) is 7.61. The van der Waals surface area contributed by atoms with Crippen molar-refractivity contribution >= 4 is 0 Å². The summed E-state index contributed by atoms with van der Waals surface area (Å²) in [5, 5.41) is 0. The van der Waals surface area contributed by atoms with Gasteiger partial charge in [0.15, 0.2) is 0 Å². The van der Waals surface area contributed by atoms with Crippen LogP contribution in [-0.2, 0) is 4.74 Å². The summed E-state index contributed by atoms with van der Waals surface area (Å²) in [5.41, 5.74) is 6.53. The highest BCUT2D eigenvalue weighted by atomic mass is 16.5. The van der Waals surface area contributed by atoms with Gasteiger partial charge in [-0.2, -0.15) is 0 Å². The van der Waals surface area contributed by atoms with Crippen molar-refractivity contribution in [3.8, 4) is 0 Å². The number of nitrogens with two attached hydrogens (primary N) is 1. The van der Waals surface area contributed by atoms with Crippen LogP contribution in [0.25, 0.3) is 0 Å². The van der Waals surface area contributed by atoms with Gasteiger partial charge >= 0.3 is 0 Å². The van der Waals surface area contributed by atoms with Crippen LogP contribution < -0.4 is 5.73 Å². The van der Waals surface area contributed by atoms with Crippen molar-refractivity contribution in [2.24, 2.45) is 23.5 Å². The van der Waals surface area contributed by atoms with Crippen LogP contribution in [0.4, 0.5) is 0 Å². The molecule has 2 nitrogen and oxygen atoms in total. The molecule has 0 amide bonds. The van der Waals surface area contributed by atoms with E-state index in [0.29, 0.717) is 5.92 Å². The molecule has 2 heteroatoms. The minimum Gasteiger partial charge on any atom is -0.377 e. The monoisotopic (exact) mass is 225 g/mol. The van der Waals surface area contributed by atoms with Gasteiger partial charge in [0, 0.05) is 13.2 Å². The Morgan fingerprint density at radius 2 is 1.69 bits per heavy atom. The van der Waals surface area contributed by atoms with Gasteiger partial charge in [-0.3, -0.25) is 0 Å². The van der Waals surface area contributed by atoms with Crippen LogP contribution in [-0.4, -0.2) is 18.8 Å². The van der Waals surface area contributed by atoms with Gasteiger partial charge in [0.05, 0.1) is 5.60 Å². The molecule has 0 aromatic carbocycles. The minimum atomic E-state index is 0.0292. The second kappa shape index (κ2) is 4.66. The van der Waals surface area contributed by atoms with Gasteiger partial charge in [-0.05, 0) is 56.3 Å². The van der Waals surface area contributed by atoms with Crippen molar-refractivity contribution in [1.29, 1.82) is 0 Å². The Hall–Kier alpha value is -0.0800. The Labute approximate surface area is 99.9 Å². The second-order valence-electron chi connectivity index (χ2n) is 6.33. The highest BCUT2D eigenvalue weighted by Crippen LogP contribution is 2.44. The molecule has 0 heterocycles. The lowest BCUT2D eigenvalue weighted by Gasteiger charge is -2.49. The first-order valence-corrected chi connectivity index (χ1v) is 6.88. The van der Waals surface area contributed by atoms with Crippen molar-refractivity contribution in [2.45, 2.75) is 64.0 Å². The van der Waals surface area contributed by atoms with E-state index in [1.807, 2.05) is 7.11 Å². The molecule has 2 rings (SSSR count). The van der Waals surface area contributed by atoms with Gasteiger partial charge in [0.1, 0.15) is 0 Å². The van der Waals surface area contributed by atoms with Crippen LogP contribution >= 0.6 is 0 Å². The normalized spacial score (nSPS) is 40.1. The lowest BCUT2D eigenvalue weighted by atomic mass is 9.65. The highest BCUT2D eigenvalue weighted by Gasteiger charge is 2.46. The van der Waals surface area contributed by atoms with Crippen molar-refractivity contribution in [3.05, 3.63) is 0 Å². The average molecular weight is 225 g/mol. The van der Waals surface area contributed by atoms with Crippen LogP contribution in [0.2, 0.25) is 0 Å². The largest absolute Gasteiger partial charge is 0.377 e. The van der Waals surface area contributed by atoms with E-state index in [0.717, 1.165) is 11.8 Å². The number of rotatable bonds is 3. The SMILES string of the molecule is COC1(C(N)C2CC(C)CC(C)C2)CCC1. The van der Waals surface area contributed by atoms with Gasteiger partial charge < -0.3 is 10.5 Å². The smallest absolute Gasteiger partial charge is 0.0831 e. The number of methoxy groups -OCH3 is 1. The van der Waals surface area contributed by atoms with Gasteiger partial charge in [-0.15, -0.1) is 0 Å². The van der Waals surface area contributed by atoms with E-state index in [9.17, 15) is 0 Å². The number of hydrogen-bond donors (Lipinski definition) is 1. The van der Waals surface area contributed by atoms with Gasteiger partial charge in [-0.25, -0.2) is 0 Å². The highest BCUT2D eigenvalue weighted by molar-refractivity contribution is 5.02. The second-order valence-corrected chi connectivity index (χ2v) is 6.33. The molecule has 2 aliphatic carbocycles. The third-order valence-corrected chi connectivity index (χ3v) is 4.94. The van der Waals surface area contributed by atoms with E-state index in [4.69, 9.17) is 10.5 Å². The lowest BCUT2D eigenvalue weighted by molar-refractivity contribution is -0.108. The predicted octanol–water partition coefficient (Wildman–Crippen LogP) is 2.96. The number of hydrogen-bond acceptors (Lipinski definition) is 2. The average Bonchev–Trinajstić information content (AvgIpc) is 2.15. The molecule has 0 bridgehead atoms. The molecule has 2 aliphatic rings. The standard InChI is InChI=1S/C14H27NO/c1-10-7-11(2)9-12(8-10)13(15)14(16-3)5-4-6-14/h10-13H,4-9,15H2,1-3H3. The first-order chi connectivity index (χ1) is 7.57. The third-order valence-electron chi connectivity index (χ3n) is 4.94. The first-order valence-electron chi connectivity index (χ1n) is 6.88.